The molecule has 13 heavy (non-hydrogen) atoms. The normalized spacial score (nSPS) is 37.4. The van der Waals surface area contributed by atoms with Gasteiger partial charge in [0.15, 0.2) is 0 Å². The van der Waals surface area contributed by atoms with Crippen molar-refractivity contribution in [3.63, 3.8) is 0 Å². The summed E-state index contributed by atoms with van der Waals surface area (Å²) in [6.07, 6.45) is 4.06. The first-order chi connectivity index (χ1) is 6.13. The predicted molar refractivity (Wildman–Crippen MR) is 60.1 cm³/mol. The molecule has 0 aromatic heterocycles. The quantitative estimate of drug-likeness (QED) is 0.759. The third-order valence-corrected chi connectivity index (χ3v) is 4.66. The Bertz CT molecular complexity index is 147. The minimum atomic E-state index is 0.325. The number of thioether (sulfide) groups is 1. The molecule has 1 rings (SSSR count). The summed E-state index contributed by atoms with van der Waals surface area (Å²) in [6.45, 7) is 7.17. The van der Waals surface area contributed by atoms with E-state index in [1.54, 1.807) is 0 Å². The van der Waals surface area contributed by atoms with Crippen molar-refractivity contribution in [1.82, 2.24) is 0 Å². The van der Waals surface area contributed by atoms with E-state index in [4.69, 9.17) is 5.11 Å². The molecule has 0 heterocycles. The summed E-state index contributed by atoms with van der Waals surface area (Å²) in [5.74, 6) is 1.78. The van der Waals surface area contributed by atoms with E-state index in [1.807, 2.05) is 11.8 Å². The molecule has 1 N–H and O–H groups in total. The second-order valence-corrected chi connectivity index (χ2v) is 6.26. The molecule has 0 aromatic carbocycles. The van der Waals surface area contributed by atoms with E-state index >= 15 is 0 Å². The summed E-state index contributed by atoms with van der Waals surface area (Å²) >= 11 is 1.98. The number of aliphatic hydroxyl groups is 1. The van der Waals surface area contributed by atoms with Crippen LogP contribution in [0.25, 0.3) is 0 Å². The highest BCUT2D eigenvalue weighted by Gasteiger charge is 2.25. The Morgan fingerprint density at radius 1 is 1.31 bits per heavy atom. The van der Waals surface area contributed by atoms with Crippen LogP contribution in [0.15, 0.2) is 0 Å². The first-order valence-corrected chi connectivity index (χ1v) is 6.34. The molecule has 0 aromatic rings. The predicted octanol–water partition coefficient (Wildman–Crippen LogP) is 2.93. The van der Waals surface area contributed by atoms with E-state index in [0.29, 0.717) is 11.9 Å². The largest absolute Gasteiger partial charge is 0.395 e. The number of rotatable bonds is 3. The fourth-order valence-corrected chi connectivity index (χ4v) is 3.42. The second-order valence-electron chi connectivity index (χ2n) is 4.52. The molecule has 1 aliphatic carbocycles. The Morgan fingerprint density at radius 2 is 2.00 bits per heavy atom. The van der Waals surface area contributed by atoms with Crippen LogP contribution in [0.2, 0.25) is 0 Å². The van der Waals surface area contributed by atoms with Gasteiger partial charge in [-0.15, -0.1) is 0 Å². The Hall–Kier alpha value is 0.310. The average molecular weight is 202 g/mol. The first kappa shape index (κ1) is 11.4. The summed E-state index contributed by atoms with van der Waals surface area (Å²) in [5, 5.41) is 10.2. The molecule has 0 aliphatic heterocycles. The van der Waals surface area contributed by atoms with Gasteiger partial charge in [0.2, 0.25) is 0 Å². The molecule has 2 heteroatoms. The van der Waals surface area contributed by atoms with Crippen molar-refractivity contribution in [1.29, 1.82) is 0 Å². The van der Waals surface area contributed by atoms with Crippen molar-refractivity contribution >= 4 is 11.8 Å². The van der Waals surface area contributed by atoms with Gasteiger partial charge < -0.3 is 5.11 Å². The molecule has 4 unspecified atom stereocenters. The van der Waals surface area contributed by atoms with Crippen LogP contribution in [0.3, 0.4) is 0 Å². The van der Waals surface area contributed by atoms with Gasteiger partial charge in [0.25, 0.3) is 0 Å². The summed E-state index contributed by atoms with van der Waals surface area (Å²) in [5.41, 5.74) is 0. The molecular weight excluding hydrogens is 180 g/mol. The zero-order valence-electron chi connectivity index (χ0n) is 8.99. The molecule has 78 valence electrons. The van der Waals surface area contributed by atoms with Crippen LogP contribution in [-0.4, -0.2) is 22.2 Å². The summed E-state index contributed by atoms with van der Waals surface area (Å²) in [7, 11) is 0. The van der Waals surface area contributed by atoms with Crippen LogP contribution >= 0.6 is 11.8 Å². The van der Waals surface area contributed by atoms with E-state index in [9.17, 15) is 0 Å². The molecule has 0 spiro atoms. The molecule has 0 bridgehead atoms. The summed E-state index contributed by atoms with van der Waals surface area (Å²) in [4.78, 5) is 0. The SMILES string of the molecule is CC(CO)SC1CCC(C)C(C)C1. The van der Waals surface area contributed by atoms with Crippen LogP contribution in [0.1, 0.15) is 40.0 Å². The van der Waals surface area contributed by atoms with Crippen LogP contribution in [0.5, 0.6) is 0 Å². The number of hydrogen-bond acceptors (Lipinski definition) is 2. The van der Waals surface area contributed by atoms with Gasteiger partial charge in [-0.2, -0.15) is 11.8 Å². The van der Waals surface area contributed by atoms with Crippen molar-refractivity contribution in [3.05, 3.63) is 0 Å². The molecule has 1 saturated carbocycles. The first-order valence-electron chi connectivity index (χ1n) is 5.39. The second kappa shape index (κ2) is 5.26. The van der Waals surface area contributed by atoms with Gasteiger partial charge in [-0.1, -0.05) is 20.8 Å². The topological polar surface area (TPSA) is 20.2 Å². The highest BCUT2D eigenvalue weighted by molar-refractivity contribution is 8.00. The van der Waals surface area contributed by atoms with Crippen LogP contribution in [0, 0.1) is 11.8 Å². The van der Waals surface area contributed by atoms with Crippen LogP contribution in [-0.2, 0) is 0 Å². The molecule has 0 radical (unpaired) electrons. The minimum absolute atomic E-state index is 0.325. The molecule has 1 aliphatic rings. The maximum absolute atomic E-state index is 8.96. The van der Waals surface area contributed by atoms with Crippen LogP contribution < -0.4 is 0 Å². The lowest BCUT2D eigenvalue weighted by atomic mass is 9.81. The molecule has 1 nitrogen and oxygen atoms in total. The molecular formula is C11H22OS. The Balaban J connectivity index is 2.29. The van der Waals surface area contributed by atoms with Gasteiger partial charge >= 0.3 is 0 Å². The fraction of sp³-hybridized carbons (Fsp3) is 1.00. The highest BCUT2D eigenvalue weighted by atomic mass is 32.2. The van der Waals surface area contributed by atoms with Crippen LogP contribution in [0.4, 0.5) is 0 Å². The lowest BCUT2D eigenvalue weighted by Gasteiger charge is -2.32. The maximum atomic E-state index is 8.96. The zero-order valence-corrected chi connectivity index (χ0v) is 9.81. The smallest absolute Gasteiger partial charge is 0.0547 e. The Morgan fingerprint density at radius 3 is 2.54 bits per heavy atom. The van der Waals surface area contributed by atoms with Gasteiger partial charge in [-0.05, 0) is 31.1 Å². The average Bonchev–Trinajstić information content (AvgIpc) is 2.11. The van der Waals surface area contributed by atoms with E-state index in [2.05, 4.69) is 20.8 Å². The van der Waals surface area contributed by atoms with Gasteiger partial charge in [-0.3, -0.25) is 0 Å². The molecule has 0 amide bonds. The molecule has 0 saturated heterocycles. The monoisotopic (exact) mass is 202 g/mol. The van der Waals surface area contributed by atoms with E-state index < -0.39 is 0 Å². The third-order valence-electron chi connectivity index (χ3n) is 3.23. The molecule has 1 fully saturated rings. The minimum Gasteiger partial charge on any atom is -0.395 e. The Kier molecular flexibility index (Phi) is 4.60. The zero-order chi connectivity index (χ0) is 9.84. The highest BCUT2D eigenvalue weighted by Crippen LogP contribution is 2.36. The van der Waals surface area contributed by atoms with Gasteiger partial charge in [0, 0.05) is 10.5 Å². The lowest BCUT2D eigenvalue weighted by molar-refractivity contribution is 0.279. The van der Waals surface area contributed by atoms with E-state index in [-0.39, 0.29) is 0 Å². The van der Waals surface area contributed by atoms with Gasteiger partial charge in [0.1, 0.15) is 0 Å². The third kappa shape index (κ3) is 3.51. The maximum Gasteiger partial charge on any atom is 0.0547 e. The number of hydrogen-bond donors (Lipinski definition) is 1. The van der Waals surface area contributed by atoms with Crippen molar-refractivity contribution < 1.29 is 5.11 Å². The van der Waals surface area contributed by atoms with Gasteiger partial charge in [-0.25, -0.2) is 0 Å². The van der Waals surface area contributed by atoms with Crippen molar-refractivity contribution in [2.24, 2.45) is 11.8 Å². The van der Waals surface area contributed by atoms with Crippen molar-refractivity contribution in [2.75, 3.05) is 6.61 Å². The number of aliphatic hydroxyl groups excluding tert-OH is 1. The summed E-state index contributed by atoms with van der Waals surface area (Å²) < 4.78 is 0. The fourth-order valence-electron chi connectivity index (χ4n) is 1.99. The van der Waals surface area contributed by atoms with E-state index in [1.165, 1.54) is 19.3 Å². The lowest BCUT2D eigenvalue weighted by Crippen LogP contribution is -2.24. The van der Waals surface area contributed by atoms with Crippen molar-refractivity contribution in [3.8, 4) is 0 Å². The molecule has 4 atom stereocenters. The van der Waals surface area contributed by atoms with Gasteiger partial charge in [0.05, 0.1) is 6.61 Å². The Labute approximate surface area is 86.3 Å². The standard InChI is InChI=1S/C11H22OS/c1-8-4-5-11(6-9(8)2)13-10(3)7-12/h8-12H,4-7H2,1-3H3. The van der Waals surface area contributed by atoms with Crippen molar-refractivity contribution in [2.45, 2.75) is 50.5 Å². The summed E-state index contributed by atoms with van der Waals surface area (Å²) in [6, 6.07) is 0. The van der Waals surface area contributed by atoms with E-state index in [0.717, 1.165) is 17.1 Å².